The number of carbonyl (C=O) groups is 1. The lowest BCUT2D eigenvalue weighted by Crippen LogP contribution is -2.65. The zero-order chi connectivity index (χ0) is 14.1. The predicted octanol–water partition coefficient (Wildman–Crippen LogP) is -2.54. The third-order valence-corrected chi connectivity index (χ3v) is 2.46. The van der Waals surface area contributed by atoms with Gasteiger partial charge in [0.15, 0.2) is 6.29 Å². The molecule has 1 aliphatic rings. The number of nitrogens with one attached hydrogen (secondary N) is 1. The second kappa shape index (κ2) is 5.36. The van der Waals surface area contributed by atoms with Crippen LogP contribution in [0.5, 0.6) is 0 Å². The van der Waals surface area contributed by atoms with E-state index in [0.29, 0.717) is 0 Å². The molecule has 0 saturated carbocycles. The first-order valence-electron chi connectivity index (χ1n) is 4.86. The molecule has 0 aliphatic carbocycles. The molecule has 10 heteroatoms. The van der Waals surface area contributed by atoms with E-state index >= 15 is 0 Å². The van der Waals surface area contributed by atoms with Crippen LogP contribution in [-0.2, 0) is 9.53 Å². The third-order valence-electron chi connectivity index (χ3n) is 2.46. The van der Waals surface area contributed by atoms with Gasteiger partial charge in [-0.2, -0.15) is 13.2 Å². The van der Waals surface area contributed by atoms with Gasteiger partial charge in [-0.05, 0) is 0 Å². The summed E-state index contributed by atoms with van der Waals surface area (Å²) < 4.78 is 40.5. The molecule has 0 bridgehead atoms. The minimum absolute atomic E-state index is 0.755. The Morgan fingerprint density at radius 2 is 1.78 bits per heavy atom. The van der Waals surface area contributed by atoms with Gasteiger partial charge in [0.1, 0.15) is 24.4 Å². The second-order valence-corrected chi connectivity index (χ2v) is 3.73. The first-order chi connectivity index (χ1) is 8.18. The van der Waals surface area contributed by atoms with Gasteiger partial charge in [-0.25, -0.2) is 0 Å². The summed E-state index contributed by atoms with van der Waals surface area (Å²) in [5, 5.41) is 38.1. The molecule has 106 valence electrons. The molecular formula is C8H12F3NO6. The molecule has 1 amide bonds. The minimum atomic E-state index is -5.20. The van der Waals surface area contributed by atoms with Gasteiger partial charge in [-0.1, -0.05) is 0 Å². The molecule has 0 spiro atoms. The second-order valence-electron chi connectivity index (χ2n) is 3.73. The summed E-state index contributed by atoms with van der Waals surface area (Å²) >= 11 is 0. The van der Waals surface area contributed by atoms with Gasteiger partial charge < -0.3 is 30.5 Å². The van der Waals surface area contributed by atoms with E-state index in [-0.39, 0.29) is 0 Å². The first-order valence-corrected chi connectivity index (χ1v) is 4.86. The summed E-state index contributed by atoms with van der Waals surface area (Å²) in [6, 6.07) is -1.85. The Morgan fingerprint density at radius 1 is 1.22 bits per heavy atom. The van der Waals surface area contributed by atoms with Crippen LogP contribution in [0.4, 0.5) is 13.2 Å². The summed E-state index contributed by atoms with van der Waals surface area (Å²) in [7, 11) is 0. The van der Waals surface area contributed by atoms with Crippen LogP contribution >= 0.6 is 0 Å². The van der Waals surface area contributed by atoms with Crippen molar-refractivity contribution < 1.29 is 43.1 Å². The van der Waals surface area contributed by atoms with Crippen molar-refractivity contribution in [2.45, 2.75) is 36.8 Å². The van der Waals surface area contributed by atoms with Crippen molar-refractivity contribution in [2.24, 2.45) is 0 Å². The lowest BCUT2D eigenvalue weighted by molar-refractivity contribution is -0.256. The van der Waals surface area contributed by atoms with Crippen LogP contribution in [0.15, 0.2) is 0 Å². The van der Waals surface area contributed by atoms with E-state index in [1.165, 1.54) is 5.32 Å². The molecule has 0 aromatic rings. The van der Waals surface area contributed by atoms with E-state index in [9.17, 15) is 33.3 Å². The first kappa shape index (κ1) is 15.1. The summed E-state index contributed by atoms with van der Waals surface area (Å²) in [5.74, 6) is -2.39. The highest BCUT2D eigenvalue weighted by molar-refractivity contribution is 5.82. The highest BCUT2D eigenvalue weighted by atomic mass is 19.4. The Bertz CT molecular complexity index is 312. The lowest BCUT2D eigenvalue weighted by atomic mass is 9.97. The Balaban J connectivity index is 2.74. The topological polar surface area (TPSA) is 119 Å². The van der Waals surface area contributed by atoms with E-state index in [1.807, 2.05) is 0 Å². The fraction of sp³-hybridized carbons (Fsp3) is 0.875. The van der Waals surface area contributed by atoms with Gasteiger partial charge in [0.25, 0.3) is 0 Å². The van der Waals surface area contributed by atoms with Gasteiger partial charge in [-0.15, -0.1) is 0 Å². The van der Waals surface area contributed by atoms with E-state index in [2.05, 4.69) is 4.74 Å². The lowest BCUT2D eigenvalue weighted by Gasteiger charge is -2.40. The van der Waals surface area contributed by atoms with Crippen LogP contribution in [0.3, 0.4) is 0 Å². The number of ether oxygens (including phenoxy) is 1. The van der Waals surface area contributed by atoms with Crippen molar-refractivity contribution in [3.05, 3.63) is 0 Å². The molecular weight excluding hydrogens is 263 g/mol. The molecule has 7 nitrogen and oxygen atoms in total. The standard InChI is InChI=1S/C8H12F3NO6/c9-8(10,11)7(17)12-3-5(15)4(14)2(1-13)18-6(3)16/h2-6,13-16H,1H2,(H,12,17)/t2?,3?,4-,5+,6?/m1/s1. The Morgan fingerprint density at radius 3 is 2.22 bits per heavy atom. The van der Waals surface area contributed by atoms with Crippen LogP contribution < -0.4 is 5.32 Å². The van der Waals surface area contributed by atoms with Gasteiger partial charge >= 0.3 is 12.1 Å². The number of hydrogen-bond donors (Lipinski definition) is 5. The summed E-state index contributed by atoms with van der Waals surface area (Å²) in [6.45, 7) is -0.755. The van der Waals surface area contributed by atoms with Gasteiger partial charge in [-0.3, -0.25) is 4.79 Å². The average Bonchev–Trinajstić information content (AvgIpc) is 2.27. The molecule has 1 heterocycles. The molecule has 1 saturated heterocycles. The molecule has 0 radical (unpaired) electrons. The fourth-order valence-corrected chi connectivity index (χ4v) is 1.49. The average molecular weight is 275 g/mol. The number of carbonyl (C=O) groups excluding carboxylic acids is 1. The molecule has 5 N–H and O–H groups in total. The van der Waals surface area contributed by atoms with Crippen molar-refractivity contribution in [3.8, 4) is 0 Å². The van der Waals surface area contributed by atoms with Crippen LogP contribution in [0.2, 0.25) is 0 Å². The SMILES string of the molecule is O=C(NC1C(O)OC(CO)[C@@H](O)[C@H]1O)C(F)(F)F. The van der Waals surface area contributed by atoms with Crippen LogP contribution in [-0.4, -0.2) is 69.8 Å². The van der Waals surface area contributed by atoms with Crippen molar-refractivity contribution in [2.75, 3.05) is 6.61 Å². The smallest absolute Gasteiger partial charge is 0.394 e. The van der Waals surface area contributed by atoms with E-state index in [4.69, 9.17) is 5.11 Å². The van der Waals surface area contributed by atoms with Crippen LogP contribution in [0.1, 0.15) is 0 Å². The molecule has 1 rings (SSSR count). The third kappa shape index (κ3) is 3.09. The monoisotopic (exact) mass is 275 g/mol. The number of hydrogen-bond acceptors (Lipinski definition) is 6. The Hall–Kier alpha value is -0.940. The molecule has 3 unspecified atom stereocenters. The van der Waals surface area contributed by atoms with Crippen molar-refractivity contribution in [1.29, 1.82) is 0 Å². The Labute approximate surface area is 98.8 Å². The number of amides is 1. The Kier molecular flexibility index (Phi) is 4.50. The maximum atomic E-state index is 12.0. The number of halogens is 3. The fourth-order valence-electron chi connectivity index (χ4n) is 1.49. The molecule has 1 aliphatic heterocycles. The minimum Gasteiger partial charge on any atom is -0.394 e. The normalized spacial score (nSPS) is 37.4. The zero-order valence-corrected chi connectivity index (χ0v) is 8.83. The van der Waals surface area contributed by atoms with E-state index in [0.717, 1.165) is 0 Å². The highest BCUT2D eigenvalue weighted by Crippen LogP contribution is 2.21. The number of alkyl halides is 3. The van der Waals surface area contributed by atoms with E-state index < -0.39 is 49.3 Å². The van der Waals surface area contributed by atoms with Gasteiger partial charge in [0.05, 0.1) is 6.61 Å². The summed E-state index contributed by atoms with van der Waals surface area (Å²) in [6.07, 6.45) is -12.2. The van der Waals surface area contributed by atoms with Gasteiger partial charge in [0.2, 0.25) is 0 Å². The van der Waals surface area contributed by atoms with Crippen LogP contribution in [0, 0.1) is 0 Å². The molecule has 18 heavy (non-hydrogen) atoms. The number of aliphatic hydroxyl groups is 4. The number of rotatable bonds is 2. The maximum Gasteiger partial charge on any atom is 0.471 e. The summed E-state index contributed by atoms with van der Waals surface area (Å²) in [5.41, 5.74) is 0. The largest absolute Gasteiger partial charge is 0.471 e. The van der Waals surface area contributed by atoms with E-state index in [1.54, 1.807) is 0 Å². The molecule has 5 atom stereocenters. The van der Waals surface area contributed by atoms with Crippen molar-refractivity contribution in [3.63, 3.8) is 0 Å². The molecule has 0 aromatic carbocycles. The predicted molar refractivity (Wildman–Crippen MR) is 48.0 cm³/mol. The summed E-state index contributed by atoms with van der Waals surface area (Å²) in [4.78, 5) is 10.6. The quantitative estimate of drug-likeness (QED) is 0.379. The van der Waals surface area contributed by atoms with Crippen molar-refractivity contribution >= 4 is 5.91 Å². The van der Waals surface area contributed by atoms with Crippen molar-refractivity contribution in [1.82, 2.24) is 5.32 Å². The maximum absolute atomic E-state index is 12.0. The zero-order valence-electron chi connectivity index (χ0n) is 8.83. The van der Waals surface area contributed by atoms with Gasteiger partial charge in [0, 0.05) is 0 Å². The van der Waals surface area contributed by atoms with Crippen LogP contribution in [0.25, 0.3) is 0 Å². The molecule has 0 aromatic heterocycles. The molecule has 1 fully saturated rings. The highest BCUT2D eigenvalue weighted by Gasteiger charge is 2.48. The number of aliphatic hydroxyl groups excluding tert-OH is 4.